The van der Waals surface area contributed by atoms with Crippen molar-refractivity contribution in [1.29, 1.82) is 0 Å². The van der Waals surface area contributed by atoms with Gasteiger partial charge in [-0.1, -0.05) is 0 Å². The largest absolute Gasteiger partial charge is 0.465 e. The maximum Gasteiger partial charge on any atom is 0.460 e. The molecule has 0 atom stereocenters. The summed E-state index contributed by atoms with van der Waals surface area (Å²) < 4.78 is 369. The molecule has 0 saturated heterocycles. The van der Waals surface area contributed by atoms with Crippen molar-refractivity contribution in [2.24, 2.45) is 17.3 Å². The second-order valence-electron chi connectivity index (χ2n) is 14.6. The molecule has 0 spiro atoms. The van der Waals surface area contributed by atoms with E-state index in [4.69, 9.17) is 10.2 Å². The first-order valence-corrected chi connectivity index (χ1v) is 16.6. The van der Waals surface area contributed by atoms with Crippen molar-refractivity contribution in [2.75, 3.05) is 0 Å². The molecule has 2 aliphatic carbocycles. The molecule has 2 saturated carbocycles. The maximum absolute atomic E-state index is 15.8. The van der Waals surface area contributed by atoms with Gasteiger partial charge in [-0.25, -0.2) is 9.59 Å². The first-order valence-electron chi connectivity index (χ1n) is 16.6. The summed E-state index contributed by atoms with van der Waals surface area (Å²) in [7, 11) is 0. The van der Waals surface area contributed by atoms with E-state index < -0.39 is 177 Å². The third-order valence-corrected chi connectivity index (χ3v) is 10.8. The first kappa shape index (κ1) is 53.9. The molecular weight excluding hydrogens is 934 g/mol. The van der Waals surface area contributed by atoms with Crippen molar-refractivity contribution >= 4 is 12.2 Å². The minimum Gasteiger partial charge on any atom is -0.465 e. The van der Waals surface area contributed by atoms with Gasteiger partial charge < -0.3 is 20.8 Å². The van der Waals surface area contributed by atoms with Gasteiger partial charge in [-0.15, -0.1) is 0 Å². The fraction of sp³-hybridized carbons (Fsp3) is 0.931. The lowest BCUT2D eigenvalue weighted by Crippen LogP contribution is -2.71. The van der Waals surface area contributed by atoms with Crippen LogP contribution >= 0.6 is 0 Å². The van der Waals surface area contributed by atoms with Crippen LogP contribution in [0.25, 0.3) is 0 Å². The normalized spacial score (nSPS) is 23.1. The van der Waals surface area contributed by atoms with Crippen LogP contribution in [-0.4, -0.2) is 106 Å². The Morgan fingerprint density at radius 1 is 0.361 bits per heavy atom. The van der Waals surface area contributed by atoms with Gasteiger partial charge >= 0.3 is 83.8 Å². The topological polar surface area (TPSA) is 98.7 Å². The Hall–Kier alpha value is -3.28. The molecule has 0 aromatic carbocycles. The zero-order chi connectivity index (χ0) is 48.4. The summed E-state index contributed by atoms with van der Waals surface area (Å²) in [5.41, 5.74) is -4.50. The number of halogens is 26. The van der Waals surface area contributed by atoms with Gasteiger partial charge in [-0.05, 0) is 68.6 Å². The van der Waals surface area contributed by atoms with E-state index >= 15 is 35.1 Å². The van der Waals surface area contributed by atoms with Crippen LogP contribution in [0.1, 0.15) is 64.2 Å². The highest BCUT2D eigenvalue weighted by Crippen LogP contribution is 2.68. The van der Waals surface area contributed by atoms with Gasteiger partial charge in [0.15, 0.2) is 0 Å². The molecule has 0 heterocycles. The zero-order valence-corrected chi connectivity index (χ0v) is 29.4. The lowest BCUT2D eigenvalue weighted by atomic mass is 9.53. The lowest BCUT2D eigenvalue weighted by Gasteiger charge is -2.54. The monoisotopic (exact) mass is 962 g/mol. The van der Waals surface area contributed by atoms with Crippen LogP contribution in [0.3, 0.4) is 0 Å². The second kappa shape index (κ2) is 16.1. The highest BCUT2D eigenvalue weighted by atomic mass is 19.4. The summed E-state index contributed by atoms with van der Waals surface area (Å²) in [6, 6.07) is -3.02. The summed E-state index contributed by atoms with van der Waals surface area (Å²) in [5, 5.41) is 21.2. The number of nitrogens with one attached hydrogen (secondary N) is 2. The second-order valence-corrected chi connectivity index (χ2v) is 14.6. The van der Waals surface area contributed by atoms with E-state index in [1.807, 2.05) is 0 Å². The summed E-state index contributed by atoms with van der Waals surface area (Å²) in [5.74, 6) is -88.9. The third kappa shape index (κ3) is 8.83. The van der Waals surface area contributed by atoms with Crippen molar-refractivity contribution < 1.29 is 134 Å². The molecule has 4 N–H and O–H groups in total. The van der Waals surface area contributed by atoms with Crippen molar-refractivity contribution in [1.82, 2.24) is 10.6 Å². The molecule has 2 amide bonds. The Kier molecular flexibility index (Phi) is 14.2. The predicted octanol–water partition coefficient (Wildman–Crippen LogP) is 11.9. The zero-order valence-electron chi connectivity index (χ0n) is 29.4. The minimum absolute atomic E-state index is 0.989. The van der Waals surface area contributed by atoms with Gasteiger partial charge in [0, 0.05) is 24.9 Å². The number of hydrogen-bond acceptors (Lipinski definition) is 2. The van der Waals surface area contributed by atoms with Crippen LogP contribution in [0.2, 0.25) is 0 Å². The van der Waals surface area contributed by atoms with Gasteiger partial charge in [0.25, 0.3) is 0 Å². The van der Waals surface area contributed by atoms with Gasteiger partial charge in [0.1, 0.15) is 0 Å². The molecule has 2 rings (SSSR count). The number of carbonyl (C=O) groups is 2. The van der Waals surface area contributed by atoms with E-state index in [9.17, 15) is 88.6 Å². The Morgan fingerprint density at radius 3 is 0.770 bits per heavy atom. The summed E-state index contributed by atoms with van der Waals surface area (Å²) in [6.07, 6.45) is -37.1. The Balaban J connectivity index is 3.06. The van der Waals surface area contributed by atoms with E-state index in [2.05, 4.69) is 0 Å². The Bertz CT molecular complexity index is 1450. The molecule has 360 valence electrons. The minimum atomic E-state index is -8.70. The number of hydrogen-bond donors (Lipinski definition) is 4. The average Bonchev–Trinajstić information content (AvgIpc) is 3.06. The van der Waals surface area contributed by atoms with Crippen LogP contribution in [0.5, 0.6) is 0 Å². The molecule has 0 radical (unpaired) electrons. The maximum atomic E-state index is 15.8. The smallest absolute Gasteiger partial charge is 0.460 e. The SMILES string of the molecule is O=C(O)NC1CCC(C(CC(F)(F)C(F)(F)C(F)(F)C(F)(F)C(F)(F)C(F)(F)F)(CC(F)(F)C(F)(F)C(F)(F)C(F)(F)C(F)(F)C(F)(F)F)C2CCC(NC(=O)O)CC2)CC1. The van der Waals surface area contributed by atoms with Gasteiger partial charge in [0.05, 0.1) is 0 Å². The number of carboxylic acid groups (broad SMARTS) is 2. The van der Waals surface area contributed by atoms with Gasteiger partial charge in [0.2, 0.25) is 0 Å². The number of amides is 2. The number of alkyl halides is 26. The Labute approximate surface area is 322 Å². The quantitative estimate of drug-likeness (QED) is 0.116. The molecule has 0 aliphatic heterocycles. The molecule has 6 nitrogen and oxygen atoms in total. The van der Waals surface area contributed by atoms with E-state index in [1.54, 1.807) is 10.6 Å². The van der Waals surface area contributed by atoms with Crippen LogP contribution < -0.4 is 10.6 Å². The van der Waals surface area contributed by atoms with Gasteiger partial charge in [-0.2, -0.15) is 114 Å². The molecule has 2 aliphatic rings. The van der Waals surface area contributed by atoms with Gasteiger partial charge in [-0.3, -0.25) is 0 Å². The van der Waals surface area contributed by atoms with Crippen LogP contribution in [-0.2, 0) is 0 Å². The lowest BCUT2D eigenvalue weighted by molar-refractivity contribution is -0.445. The number of rotatable bonds is 16. The first-order chi connectivity index (χ1) is 26.7. The predicted molar refractivity (Wildman–Crippen MR) is 147 cm³/mol. The third-order valence-electron chi connectivity index (χ3n) is 10.8. The fourth-order valence-corrected chi connectivity index (χ4v) is 7.60. The molecule has 0 unspecified atom stereocenters. The average molecular weight is 963 g/mol. The molecule has 0 aromatic rings. The van der Waals surface area contributed by atoms with E-state index in [1.165, 1.54) is 0 Å². The summed E-state index contributed by atoms with van der Waals surface area (Å²) >= 11 is 0. The summed E-state index contributed by atoms with van der Waals surface area (Å²) in [6.45, 7) is 0. The standard InChI is InChI=1S/C29H28F26N2O4/c30-18(31,20(34,35)22(38,39)24(42,43)26(46,47)28(50,51)52)9-17(11-1-5-13(6-2-11)56-15(58)59,12-3-7-14(8-4-12)57-16(60)61)10-19(32,33)21(36,37)23(40,41)25(44,45)27(48,49)29(53,54)55/h11-14,56-57H,1-10H2,(H,58,59)(H,60,61). The Morgan fingerprint density at radius 2 is 0.574 bits per heavy atom. The van der Waals surface area contributed by atoms with E-state index in [0.29, 0.717) is 0 Å². The van der Waals surface area contributed by atoms with E-state index in [0.717, 1.165) is 0 Å². The molecule has 2 fully saturated rings. The van der Waals surface area contributed by atoms with Crippen molar-refractivity contribution in [3.8, 4) is 0 Å². The fourth-order valence-electron chi connectivity index (χ4n) is 7.60. The molecule has 61 heavy (non-hydrogen) atoms. The van der Waals surface area contributed by atoms with Crippen LogP contribution in [0.4, 0.5) is 124 Å². The molecular formula is C29H28F26N2O4. The van der Waals surface area contributed by atoms with Crippen molar-refractivity contribution in [2.45, 2.75) is 148 Å². The highest BCUT2D eigenvalue weighted by molar-refractivity contribution is 5.65. The summed E-state index contributed by atoms with van der Waals surface area (Å²) in [4.78, 5) is 22.2. The van der Waals surface area contributed by atoms with E-state index in [-0.39, 0.29) is 0 Å². The molecule has 0 aromatic heterocycles. The highest BCUT2D eigenvalue weighted by Gasteiger charge is 2.93. The van der Waals surface area contributed by atoms with Crippen LogP contribution in [0.15, 0.2) is 0 Å². The van der Waals surface area contributed by atoms with Crippen molar-refractivity contribution in [3.05, 3.63) is 0 Å². The van der Waals surface area contributed by atoms with Crippen LogP contribution in [0, 0.1) is 17.3 Å². The molecule has 32 heteroatoms. The molecule has 0 bridgehead atoms. The van der Waals surface area contributed by atoms with Crippen molar-refractivity contribution in [3.63, 3.8) is 0 Å².